The van der Waals surface area contributed by atoms with Gasteiger partial charge in [0.1, 0.15) is 5.76 Å². The fraction of sp³-hybridized carbons (Fsp3) is 0.667. The summed E-state index contributed by atoms with van der Waals surface area (Å²) in [5.41, 5.74) is 0.389. The summed E-state index contributed by atoms with van der Waals surface area (Å²) >= 11 is 0. The molecule has 0 aromatic carbocycles. The average molecular weight is 227 g/mol. The van der Waals surface area contributed by atoms with Crippen LogP contribution in [0.2, 0.25) is 0 Å². The fourth-order valence-corrected chi connectivity index (χ4v) is 1.44. The molecule has 0 radical (unpaired) electrons. The van der Waals surface area contributed by atoms with Crippen LogP contribution < -0.4 is 5.32 Å². The number of furan rings is 1. The van der Waals surface area contributed by atoms with E-state index in [1.807, 2.05) is 13.0 Å². The molecule has 1 aromatic rings. The minimum atomic E-state index is -0.740. The largest absolute Gasteiger partial charge is 0.468 e. The Morgan fingerprint density at radius 3 is 2.88 bits per heavy atom. The summed E-state index contributed by atoms with van der Waals surface area (Å²) < 4.78 is 10.2. The van der Waals surface area contributed by atoms with Gasteiger partial charge in [-0.25, -0.2) is 0 Å². The van der Waals surface area contributed by atoms with Crippen LogP contribution in [0.25, 0.3) is 0 Å². The van der Waals surface area contributed by atoms with E-state index in [-0.39, 0.29) is 0 Å². The Balaban J connectivity index is 2.27. The summed E-state index contributed by atoms with van der Waals surface area (Å²) in [4.78, 5) is 0. The molecule has 0 spiro atoms. The lowest BCUT2D eigenvalue weighted by Crippen LogP contribution is -2.38. The SMILES string of the molecule is COCCC(C)(O)CNCc1occc1C. The highest BCUT2D eigenvalue weighted by Crippen LogP contribution is 2.10. The van der Waals surface area contributed by atoms with Gasteiger partial charge in [0, 0.05) is 26.7 Å². The Labute approximate surface area is 96.6 Å². The van der Waals surface area contributed by atoms with E-state index in [2.05, 4.69) is 5.32 Å². The van der Waals surface area contributed by atoms with E-state index in [0.29, 0.717) is 26.1 Å². The zero-order chi connectivity index (χ0) is 12.0. The summed E-state index contributed by atoms with van der Waals surface area (Å²) in [7, 11) is 1.63. The fourth-order valence-electron chi connectivity index (χ4n) is 1.44. The third-order valence-electron chi connectivity index (χ3n) is 2.60. The summed E-state index contributed by atoms with van der Waals surface area (Å²) in [6.07, 6.45) is 2.29. The smallest absolute Gasteiger partial charge is 0.120 e. The molecule has 0 saturated heterocycles. The van der Waals surface area contributed by atoms with Crippen LogP contribution in [0, 0.1) is 6.92 Å². The topological polar surface area (TPSA) is 54.6 Å². The molecule has 0 aliphatic rings. The highest BCUT2D eigenvalue weighted by atomic mass is 16.5. The summed E-state index contributed by atoms with van der Waals surface area (Å²) in [5, 5.41) is 13.1. The molecule has 0 fully saturated rings. The maximum atomic E-state index is 9.97. The van der Waals surface area contributed by atoms with Gasteiger partial charge in [-0.3, -0.25) is 0 Å². The predicted octanol–water partition coefficient (Wildman–Crippen LogP) is 1.47. The van der Waals surface area contributed by atoms with Gasteiger partial charge in [0.2, 0.25) is 0 Å². The molecule has 1 unspecified atom stereocenters. The zero-order valence-corrected chi connectivity index (χ0v) is 10.2. The normalized spacial score (nSPS) is 15.0. The second-order valence-electron chi connectivity index (χ2n) is 4.37. The first kappa shape index (κ1) is 13.2. The van der Waals surface area contributed by atoms with Gasteiger partial charge in [-0.15, -0.1) is 0 Å². The average Bonchev–Trinajstić information content (AvgIpc) is 2.62. The van der Waals surface area contributed by atoms with E-state index >= 15 is 0 Å². The molecule has 0 aliphatic carbocycles. The van der Waals surface area contributed by atoms with Crippen molar-refractivity contribution in [1.29, 1.82) is 0 Å². The van der Waals surface area contributed by atoms with E-state index in [1.54, 1.807) is 20.3 Å². The molecule has 92 valence electrons. The number of aliphatic hydroxyl groups is 1. The Morgan fingerprint density at radius 2 is 2.31 bits per heavy atom. The Bertz CT molecular complexity index is 307. The number of methoxy groups -OCH3 is 1. The molecule has 0 aliphatic heterocycles. The monoisotopic (exact) mass is 227 g/mol. The minimum Gasteiger partial charge on any atom is -0.468 e. The molecule has 1 aromatic heterocycles. The van der Waals surface area contributed by atoms with Gasteiger partial charge >= 0.3 is 0 Å². The number of aryl methyl sites for hydroxylation is 1. The highest BCUT2D eigenvalue weighted by Gasteiger charge is 2.19. The molecule has 0 saturated carbocycles. The second kappa shape index (κ2) is 6.03. The summed E-state index contributed by atoms with van der Waals surface area (Å²) in [6, 6.07) is 1.93. The lowest BCUT2D eigenvalue weighted by Gasteiger charge is -2.23. The van der Waals surface area contributed by atoms with Crippen LogP contribution in [0.3, 0.4) is 0 Å². The second-order valence-corrected chi connectivity index (χ2v) is 4.37. The third kappa shape index (κ3) is 4.35. The van der Waals surface area contributed by atoms with Crippen LogP contribution in [0.15, 0.2) is 16.7 Å². The van der Waals surface area contributed by atoms with Crippen LogP contribution in [0.4, 0.5) is 0 Å². The molecular formula is C12H21NO3. The maximum Gasteiger partial charge on any atom is 0.120 e. The molecule has 0 amide bonds. The van der Waals surface area contributed by atoms with Gasteiger partial charge in [0.15, 0.2) is 0 Å². The van der Waals surface area contributed by atoms with Crippen molar-refractivity contribution in [3.05, 3.63) is 23.7 Å². The van der Waals surface area contributed by atoms with E-state index in [4.69, 9.17) is 9.15 Å². The van der Waals surface area contributed by atoms with Crippen LogP contribution in [0.1, 0.15) is 24.7 Å². The van der Waals surface area contributed by atoms with Crippen LogP contribution >= 0.6 is 0 Å². The van der Waals surface area contributed by atoms with Crippen molar-refractivity contribution in [2.45, 2.75) is 32.4 Å². The Hall–Kier alpha value is -0.840. The summed E-state index contributed by atoms with van der Waals surface area (Å²) in [5.74, 6) is 0.919. The van der Waals surface area contributed by atoms with Crippen molar-refractivity contribution in [2.24, 2.45) is 0 Å². The minimum absolute atomic E-state index is 0.524. The van der Waals surface area contributed by atoms with Gasteiger partial charge in [-0.1, -0.05) is 0 Å². The van der Waals surface area contributed by atoms with Gasteiger partial charge in [0.05, 0.1) is 18.4 Å². The quantitative estimate of drug-likeness (QED) is 0.740. The molecule has 0 bridgehead atoms. The van der Waals surface area contributed by atoms with E-state index in [1.165, 1.54) is 0 Å². The van der Waals surface area contributed by atoms with Crippen molar-refractivity contribution >= 4 is 0 Å². The molecule has 2 N–H and O–H groups in total. The lowest BCUT2D eigenvalue weighted by molar-refractivity contribution is 0.0244. The molecule has 4 nitrogen and oxygen atoms in total. The maximum absolute atomic E-state index is 9.97. The van der Waals surface area contributed by atoms with Gasteiger partial charge in [-0.05, 0) is 25.5 Å². The van der Waals surface area contributed by atoms with E-state index < -0.39 is 5.60 Å². The third-order valence-corrected chi connectivity index (χ3v) is 2.60. The van der Waals surface area contributed by atoms with Crippen LogP contribution in [-0.2, 0) is 11.3 Å². The lowest BCUT2D eigenvalue weighted by atomic mass is 10.0. The number of ether oxygens (including phenoxy) is 1. The van der Waals surface area contributed by atoms with Gasteiger partial charge in [0.25, 0.3) is 0 Å². The van der Waals surface area contributed by atoms with E-state index in [0.717, 1.165) is 11.3 Å². The van der Waals surface area contributed by atoms with Crippen LogP contribution in [-0.4, -0.2) is 31.0 Å². The highest BCUT2D eigenvalue weighted by molar-refractivity contribution is 5.14. The molecule has 16 heavy (non-hydrogen) atoms. The number of rotatable bonds is 7. The van der Waals surface area contributed by atoms with Crippen molar-refractivity contribution in [3.63, 3.8) is 0 Å². The number of hydrogen-bond acceptors (Lipinski definition) is 4. The Morgan fingerprint density at radius 1 is 1.56 bits per heavy atom. The predicted molar refractivity (Wildman–Crippen MR) is 62.3 cm³/mol. The van der Waals surface area contributed by atoms with Crippen molar-refractivity contribution in [1.82, 2.24) is 5.32 Å². The van der Waals surface area contributed by atoms with Gasteiger partial charge in [-0.2, -0.15) is 0 Å². The standard InChI is InChI=1S/C12H21NO3/c1-10-4-6-16-11(10)8-13-9-12(2,14)5-7-15-3/h4,6,13-14H,5,7-9H2,1-3H3. The number of nitrogens with one attached hydrogen (secondary N) is 1. The van der Waals surface area contributed by atoms with E-state index in [9.17, 15) is 5.11 Å². The molecule has 4 heteroatoms. The Kier molecular flexibility index (Phi) is 4.99. The van der Waals surface area contributed by atoms with Crippen molar-refractivity contribution in [2.75, 3.05) is 20.3 Å². The first-order chi connectivity index (χ1) is 7.55. The van der Waals surface area contributed by atoms with Crippen molar-refractivity contribution < 1.29 is 14.3 Å². The molecular weight excluding hydrogens is 206 g/mol. The zero-order valence-electron chi connectivity index (χ0n) is 10.2. The number of hydrogen-bond donors (Lipinski definition) is 2. The van der Waals surface area contributed by atoms with Crippen molar-refractivity contribution in [3.8, 4) is 0 Å². The van der Waals surface area contributed by atoms with Crippen LogP contribution in [0.5, 0.6) is 0 Å². The first-order valence-corrected chi connectivity index (χ1v) is 5.50. The molecule has 1 heterocycles. The van der Waals surface area contributed by atoms with Gasteiger partial charge < -0.3 is 19.6 Å². The molecule has 1 rings (SSSR count). The first-order valence-electron chi connectivity index (χ1n) is 5.50. The summed E-state index contributed by atoms with van der Waals surface area (Å²) in [6.45, 7) is 5.53. The molecule has 1 atom stereocenters.